The molecule has 2 N–H and O–H groups in total. The van der Waals surface area contributed by atoms with Gasteiger partial charge in [-0.1, -0.05) is 32.0 Å². The van der Waals surface area contributed by atoms with E-state index >= 15 is 0 Å². The fourth-order valence-corrected chi connectivity index (χ4v) is 3.40. The first-order valence-corrected chi connectivity index (χ1v) is 11.3. The van der Waals surface area contributed by atoms with Gasteiger partial charge in [0.2, 0.25) is 0 Å². The van der Waals surface area contributed by atoms with E-state index in [2.05, 4.69) is 34.6 Å². The molecule has 0 saturated carbocycles. The molecule has 4 rings (SSSR count). The molecule has 0 unspecified atom stereocenters. The van der Waals surface area contributed by atoms with E-state index in [1.165, 1.54) is 16.4 Å². The van der Waals surface area contributed by atoms with Crippen molar-refractivity contribution >= 4 is 17.3 Å². The Kier molecular flexibility index (Phi) is 7.21. The summed E-state index contributed by atoms with van der Waals surface area (Å²) in [4.78, 5) is 29.3. The maximum absolute atomic E-state index is 12.8. The highest BCUT2D eigenvalue weighted by Gasteiger charge is 2.14. The van der Waals surface area contributed by atoms with Crippen molar-refractivity contribution < 1.29 is 9.53 Å². The first-order valence-electron chi connectivity index (χ1n) is 11.3. The summed E-state index contributed by atoms with van der Waals surface area (Å²) in [6.07, 6.45) is 4.90. The normalized spacial score (nSPS) is 10.7. The van der Waals surface area contributed by atoms with Gasteiger partial charge in [-0.25, -0.2) is 4.68 Å². The largest absolute Gasteiger partial charge is 0.453 e. The highest BCUT2D eigenvalue weighted by Crippen LogP contribution is 2.29. The Morgan fingerprint density at radius 1 is 1.03 bits per heavy atom. The maximum atomic E-state index is 12.8. The molecule has 0 saturated heterocycles. The van der Waals surface area contributed by atoms with Crippen molar-refractivity contribution in [1.82, 2.24) is 20.1 Å². The Hall–Kier alpha value is -4.46. The predicted octanol–water partition coefficient (Wildman–Crippen LogP) is 4.76. The van der Waals surface area contributed by atoms with Crippen LogP contribution in [-0.4, -0.2) is 20.7 Å². The third-order valence-electron chi connectivity index (χ3n) is 5.47. The molecule has 0 atom stereocenters. The summed E-state index contributed by atoms with van der Waals surface area (Å²) in [6.45, 7) is 4.63. The van der Waals surface area contributed by atoms with Crippen molar-refractivity contribution in [2.75, 3.05) is 5.32 Å². The SMILES string of the molecule is CC(C)c1ccc(Oc2cnn(C)c(=O)c2Nc2ccc(C(=O)NCc3cccnc3)cc2)cc1. The van der Waals surface area contributed by atoms with Crippen LogP contribution in [0.1, 0.15) is 41.3 Å². The number of ether oxygens (including phenoxy) is 1. The number of aryl methyl sites for hydroxylation is 1. The van der Waals surface area contributed by atoms with Crippen LogP contribution in [-0.2, 0) is 13.6 Å². The molecule has 2 heterocycles. The summed E-state index contributed by atoms with van der Waals surface area (Å²) in [5, 5.41) is 10.1. The van der Waals surface area contributed by atoms with Crippen molar-refractivity contribution in [2.45, 2.75) is 26.3 Å². The molecule has 8 heteroatoms. The number of rotatable bonds is 8. The van der Waals surface area contributed by atoms with Crippen LogP contribution in [0.15, 0.2) is 84.0 Å². The van der Waals surface area contributed by atoms with Crippen molar-refractivity contribution in [3.63, 3.8) is 0 Å². The van der Waals surface area contributed by atoms with E-state index < -0.39 is 0 Å². The summed E-state index contributed by atoms with van der Waals surface area (Å²) in [6, 6.07) is 18.3. The number of amides is 1. The molecule has 0 radical (unpaired) electrons. The Morgan fingerprint density at radius 2 is 1.77 bits per heavy atom. The van der Waals surface area contributed by atoms with Crippen LogP contribution >= 0.6 is 0 Å². The van der Waals surface area contributed by atoms with Crippen LogP contribution in [0.2, 0.25) is 0 Å². The Bertz CT molecular complexity index is 1350. The number of aromatic nitrogens is 3. The number of anilines is 2. The summed E-state index contributed by atoms with van der Waals surface area (Å²) < 4.78 is 7.21. The lowest BCUT2D eigenvalue weighted by Gasteiger charge is -2.14. The van der Waals surface area contributed by atoms with E-state index in [4.69, 9.17) is 4.74 Å². The van der Waals surface area contributed by atoms with Crippen molar-refractivity contribution in [2.24, 2.45) is 7.05 Å². The quantitative estimate of drug-likeness (QED) is 0.386. The van der Waals surface area contributed by atoms with Crippen molar-refractivity contribution in [1.29, 1.82) is 0 Å². The Labute approximate surface area is 203 Å². The molecule has 35 heavy (non-hydrogen) atoms. The van der Waals surface area contributed by atoms with E-state index in [-0.39, 0.29) is 17.2 Å². The minimum atomic E-state index is -0.334. The highest BCUT2D eigenvalue weighted by atomic mass is 16.5. The van der Waals surface area contributed by atoms with Gasteiger partial charge in [0.15, 0.2) is 11.4 Å². The molecular weight excluding hydrogens is 442 g/mol. The van der Waals surface area contributed by atoms with E-state index in [1.54, 1.807) is 43.7 Å². The lowest BCUT2D eigenvalue weighted by molar-refractivity contribution is 0.0951. The topological polar surface area (TPSA) is 98.1 Å². The maximum Gasteiger partial charge on any atom is 0.294 e. The number of hydrogen-bond donors (Lipinski definition) is 2. The van der Waals surface area contributed by atoms with E-state index in [9.17, 15) is 9.59 Å². The average molecular weight is 470 g/mol. The number of nitrogens with zero attached hydrogens (tertiary/aromatic N) is 3. The molecule has 1 amide bonds. The summed E-state index contributed by atoms with van der Waals surface area (Å²) in [5.74, 6) is 1.12. The molecule has 8 nitrogen and oxygen atoms in total. The fraction of sp³-hybridized carbons (Fsp3) is 0.185. The molecule has 0 aliphatic heterocycles. The Morgan fingerprint density at radius 3 is 2.43 bits per heavy atom. The number of hydrogen-bond acceptors (Lipinski definition) is 6. The smallest absolute Gasteiger partial charge is 0.294 e. The first-order chi connectivity index (χ1) is 16.9. The zero-order chi connectivity index (χ0) is 24.8. The van der Waals surface area contributed by atoms with E-state index in [0.717, 1.165) is 5.56 Å². The predicted molar refractivity (Wildman–Crippen MR) is 135 cm³/mol. The third kappa shape index (κ3) is 5.92. The van der Waals surface area contributed by atoms with Crippen molar-refractivity contribution in [3.8, 4) is 11.5 Å². The van der Waals surface area contributed by atoms with Gasteiger partial charge in [0.25, 0.3) is 11.5 Å². The molecule has 0 aliphatic carbocycles. The molecular formula is C27H27N5O3. The lowest BCUT2D eigenvalue weighted by atomic mass is 10.0. The van der Waals surface area contributed by atoms with Gasteiger partial charge in [0.05, 0.1) is 6.20 Å². The van der Waals surface area contributed by atoms with Crippen LogP contribution in [0.3, 0.4) is 0 Å². The summed E-state index contributed by atoms with van der Waals surface area (Å²) >= 11 is 0. The van der Waals surface area contributed by atoms with Gasteiger partial charge in [-0.15, -0.1) is 0 Å². The van der Waals surface area contributed by atoms with Gasteiger partial charge in [-0.2, -0.15) is 5.10 Å². The molecule has 178 valence electrons. The van der Waals surface area contributed by atoms with Crippen LogP contribution in [0.4, 0.5) is 11.4 Å². The second kappa shape index (κ2) is 10.6. The molecule has 4 aromatic rings. The minimum absolute atomic E-state index is 0.200. The van der Waals surface area contributed by atoms with Crippen LogP contribution in [0, 0.1) is 0 Å². The van der Waals surface area contributed by atoms with Gasteiger partial charge in [-0.3, -0.25) is 14.6 Å². The van der Waals surface area contributed by atoms with Gasteiger partial charge in [0, 0.05) is 37.2 Å². The lowest BCUT2D eigenvalue weighted by Crippen LogP contribution is -2.23. The Balaban J connectivity index is 1.48. The second-order valence-corrected chi connectivity index (χ2v) is 8.38. The summed E-state index contributed by atoms with van der Waals surface area (Å²) in [7, 11) is 1.57. The molecule has 0 fully saturated rings. The number of carbonyl (C=O) groups is 1. The average Bonchev–Trinajstić information content (AvgIpc) is 2.88. The van der Waals surface area contributed by atoms with Crippen LogP contribution in [0.5, 0.6) is 11.5 Å². The van der Waals surface area contributed by atoms with Crippen LogP contribution in [0.25, 0.3) is 0 Å². The van der Waals surface area contributed by atoms with Gasteiger partial charge in [0.1, 0.15) is 5.75 Å². The molecule has 0 bridgehead atoms. The highest BCUT2D eigenvalue weighted by molar-refractivity contribution is 5.94. The number of pyridine rings is 1. The number of carbonyl (C=O) groups excluding carboxylic acids is 1. The van der Waals surface area contributed by atoms with Crippen molar-refractivity contribution in [3.05, 3.63) is 106 Å². The van der Waals surface area contributed by atoms with Crippen LogP contribution < -0.4 is 20.9 Å². The van der Waals surface area contributed by atoms with Gasteiger partial charge < -0.3 is 15.4 Å². The fourth-order valence-electron chi connectivity index (χ4n) is 3.40. The summed E-state index contributed by atoms with van der Waals surface area (Å²) in [5.41, 5.74) is 3.17. The van der Waals surface area contributed by atoms with E-state index in [1.807, 2.05) is 36.4 Å². The number of benzene rings is 2. The standard InChI is InChI=1S/C27H27N5O3/c1-18(2)20-8-12-23(13-9-20)35-24-17-30-32(3)27(34)25(24)31-22-10-6-21(7-11-22)26(33)29-16-19-5-4-14-28-15-19/h4-15,17-18,31H,16H2,1-3H3,(H,29,33). The molecule has 0 spiro atoms. The molecule has 2 aromatic heterocycles. The zero-order valence-corrected chi connectivity index (χ0v) is 19.9. The van der Waals surface area contributed by atoms with Gasteiger partial charge >= 0.3 is 0 Å². The van der Waals surface area contributed by atoms with Gasteiger partial charge in [-0.05, 0) is 59.5 Å². The monoisotopic (exact) mass is 469 g/mol. The van der Waals surface area contributed by atoms with E-state index in [0.29, 0.717) is 35.2 Å². The zero-order valence-electron chi connectivity index (χ0n) is 19.9. The third-order valence-corrected chi connectivity index (χ3v) is 5.47. The molecule has 2 aromatic carbocycles. The molecule has 0 aliphatic rings. The second-order valence-electron chi connectivity index (χ2n) is 8.38. The minimum Gasteiger partial charge on any atom is -0.453 e. The first kappa shape index (κ1) is 23.7. The number of nitrogens with one attached hydrogen (secondary N) is 2.